The van der Waals surface area contributed by atoms with Crippen LogP contribution in [0.1, 0.15) is 44.7 Å². The van der Waals surface area contributed by atoms with E-state index in [0.717, 1.165) is 10.5 Å². The first-order chi connectivity index (χ1) is 15.1. The third-order valence-corrected chi connectivity index (χ3v) is 5.44. The van der Waals surface area contributed by atoms with Gasteiger partial charge < -0.3 is 20.5 Å². The molecule has 2 aromatic rings. The first-order valence-corrected chi connectivity index (χ1v) is 10.5. The van der Waals surface area contributed by atoms with Crippen LogP contribution in [0.3, 0.4) is 0 Å². The molecule has 1 fully saturated rings. The Morgan fingerprint density at radius 3 is 2.31 bits per heavy atom. The predicted molar refractivity (Wildman–Crippen MR) is 120 cm³/mol. The minimum atomic E-state index is -1.19. The number of carbonyl (C=O) groups is 3. The zero-order valence-corrected chi connectivity index (χ0v) is 18.7. The molecule has 4 amide bonds. The summed E-state index contributed by atoms with van der Waals surface area (Å²) in [6.07, 6.45) is -1.06. The normalized spacial score (nSPS) is 19.1. The first kappa shape index (κ1) is 23.3. The number of nitrogens with zero attached hydrogens (tertiary/aromatic N) is 1. The third kappa shape index (κ3) is 5.08. The smallest absolute Gasteiger partial charge is 0.325 e. The number of ether oxygens (including phenoxy) is 1. The van der Waals surface area contributed by atoms with Crippen LogP contribution >= 0.6 is 0 Å². The van der Waals surface area contributed by atoms with Crippen molar-refractivity contribution < 1.29 is 24.2 Å². The molecule has 2 unspecified atom stereocenters. The van der Waals surface area contributed by atoms with E-state index in [1.807, 2.05) is 24.3 Å². The second-order valence-corrected chi connectivity index (χ2v) is 8.42. The van der Waals surface area contributed by atoms with Crippen molar-refractivity contribution in [2.24, 2.45) is 0 Å². The van der Waals surface area contributed by atoms with Crippen molar-refractivity contribution in [3.05, 3.63) is 59.7 Å². The summed E-state index contributed by atoms with van der Waals surface area (Å²) in [5.74, 6) is 0.258. The van der Waals surface area contributed by atoms with Gasteiger partial charge in [-0.1, -0.05) is 38.1 Å². The second-order valence-electron chi connectivity index (χ2n) is 8.42. The monoisotopic (exact) mass is 439 g/mol. The van der Waals surface area contributed by atoms with Gasteiger partial charge in [-0.3, -0.25) is 14.5 Å². The molecule has 0 aromatic heterocycles. The number of urea groups is 1. The molecule has 0 radical (unpaired) electrons. The molecule has 1 saturated heterocycles. The van der Waals surface area contributed by atoms with Gasteiger partial charge in [0.25, 0.3) is 5.91 Å². The molecule has 0 aliphatic carbocycles. The van der Waals surface area contributed by atoms with Crippen molar-refractivity contribution in [1.29, 1.82) is 0 Å². The van der Waals surface area contributed by atoms with Gasteiger partial charge in [-0.25, -0.2) is 4.79 Å². The summed E-state index contributed by atoms with van der Waals surface area (Å²) < 4.78 is 5.55. The highest BCUT2D eigenvalue weighted by atomic mass is 16.5. The van der Waals surface area contributed by atoms with Crippen molar-refractivity contribution in [1.82, 2.24) is 10.2 Å². The molecule has 0 bridgehead atoms. The molecular formula is C24H29N3O5. The van der Waals surface area contributed by atoms with Crippen LogP contribution in [-0.2, 0) is 15.1 Å². The van der Waals surface area contributed by atoms with Crippen LogP contribution < -0.4 is 15.4 Å². The molecule has 8 nitrogen and oxygen atoms in total. The number of aliphatic hydroxyl groups is 1. The summed E-state index contributed by atoms with van der Waals surface area (Å²) in [4.78, 5) is 37.6. The van der Waals surface area contributed by atoms with E-state index < -0.39 is 23.6 Å². The van der Waals surface area contributed by atoms with Crippen LogP contribution in [0.15, 0.2) is 48.5 Å². The van der Waals surface area contributed by atoms with E-state index in [1.165, 1.54) is 6.92 Å². The van der Waals surface area contributed by atoms with Crippen molar-refractivity contribution >= 4 is 23.5 Å². The Morgan fingerprint density at radius 1 is 1.12 bits per heavy atom. The Labute approximate surface area is 187 Å². The summed E-state index contributed by atoms with van der Waals surface area (Å²) in [5.41, 5.74) is 1.27. The van der Waals surface area contributed by atoms with Crippen LogP contribution in [0.25, 0.3) is 0 Å². The lowest BCUT2D eigenvalue weighted by Crippen LogP contribution is -2.42. The number of rotatable bonds is 8. The first-order valence-electron chi connectivity index (χ1n) is 10.5. The lowest BCUT2D eigenvalue weighted by atomic mass is 9.90. The molecule has 0 saturated carbocycles. The van der Waals surface area contributed by atoms with E-state index in [0.29, 0.717) is 22.9 Å². The van der Waals surface area contributed by atoms with E-state index >= 15 is 0 Å². The fourth-order valence-electron chi connectivity index (χ4n) is 3.55. The predicted octanol–water partition coefficient (Wildman–Crippen LogP) is 2.98. The van der Waals surface area contributed by atoms with Gasteiger partial charge in [0.05, 0.1) is 6.54 Å². The largest absolute Gasteiger partial charge is 0.491 e. The minimum absolute atomic E-state index is 0.101. The number of hydrogen-bond donors (Lipinski definition) is 3. The van der Waals surface area contributed by atoms with Crippen LogP contribution in [0.2, 0.25) is 0 Å². The summed E-state index contributed by atoms with van der Waals surface area (Å²) in [5, 5.41) is 15.8. The second kappa shape index (κ2) is 9.40. The zero-order valence-electron chi connectivity index (χ0n) is 18.7. The molecule has 2 aromatic carbocycles. The molecule has 0 spiro atoms. The van der Waals surface area contributed by atoms with Gasteiger partial charge in [0.15, 0.2) is 0 Å². The Balaban J connectivity index is 1.60. The average Bonchev–Trinajstić information content (AvgIpc) is 2.97. The number of imide groups is 1. The number of hydrogen-bond acceptors (Lipinski definition) is 5. The van der Waals surface area contributed by atoms with Gasteiger partial charge in [0.2, 0.25) is 5.91 Å². The fourth-order valence-corrected chi connectivity index (χ4v) is 3.55. The molecule has 3 N–H and O–H groups in total. The minimum Gasteiger partial charge on any atom is -0.491 e. The lowest BCUT2D eigenvalue weighted by molar-refractivity contribution is -0.132. The standard InChI is InChI=1S/C24H29N3O5/c1-15(2)17-5-7-18(8-6-17)24(4)22(30)27(23(31)26-24)13-20(29)14-32-21-11-9-19(10-12-21)25-16(3)28/h5-12,15,20,29H,13-14H2,1-4H3,(H,25,28)(H,26,31). The Bertz CT molecular complexity index is 988. The van der Waals surface area contributed by atoms with E-state index in [-0.39, 0.29) is 19.1 Å². The highest BCUT2D eigenvalue weighted by molar-refractivity contribution is 6.07. The number of β-amino-alcohol motifs (C(OH)–C–C–N with tert-alkyl or cyclic N) is 1. The molecule has 3 rings (SSSR count). The lowest BCUT2D eigenvalue weighted by Gasteiger charge is -2.23. The highest BCUT2D eigenvalue weighted by Crippen LogP contribution is 2.30. The average molecular weight is 440 g/mol. The summed E-state index contributed by atoms with van der Waals surface area (Å²) in [6, 6.07) is 13.7. The highest BCUT2D eigenvalue weighted by Gasteiger charge is 2.49. The molecule has 2 atom stereocenters. The number of carbonyl (C=O) groups excluding carboxylic acids is 3. The van der Waals surface area contributed by atoms with Crippen molar-refractivity contribution in [2.75, 3.05) is 18.5 Å². The number of benzene rings is 2. The molecular weight excluding hydrogens is 410 g/mol. The number of nitrogens with one attached hydrogen (secondary N) is 2. The van der Waals surface area contributed by atoms with Crippen molar-refractivity contribution in [3.8, 4) is 5.75 Å². The summed E-state index contributed by atoms with van der Waals surface area (Å²) >= 11 is 0. The maximum Gasteiger partial charge on any atom is 0.325 e. The zero-order chi connectivity index (χ0) is 23.5. The molecule has 170 valence electrons. The number of amides is 4. The Hall–Kier alpha value is -3.39. The van der Waals surface area contributed by atoms with Crippen molar-refractivity contribution in [3.63, 3.8) is 0 Å². The molecule has 1 heterocycles. The molecule has 1 aliphatic heterocycles. The van der Waals surface area contributed by atoms with Gasteiger partial charge in [0.1, 0.15) is 24.0 Å². The van der Waals surface area contributed by atoms with Gasteiger partial charge in [0, 0.05) is 12.6 Å². The van der Waals surface area contributed by atoms with Crippen LogP contribution in [0, 0.1) is 0 Å². The maximum absolute atomic E-state index is 13.0. The quantitative estimate of drug-likeness (QED) is 0.548. The van der Waals surface area contributed by atoms with E-state index in [2.05, 4.69) is 24.5 Å². The maximum atomic E-state index is 13.0. The SMILES string of the molecule is CC(=O)Nc1ccc(OCC(O)CN2C(=O)NC(C)(c3ccc(C(C)C)cc3)C2=O)cc1. The van der Waals surface area contributed by atoms with Gasteiger partial charge in [-0.15, -0.1) is 0 Å². The third-order valence-electron chi connectivity index (χ3n) is 5.44. The summed E-state index contributed by atoms with van der Waals surface area (Å²) in [6.45, 7) is 6.97. The fraction of sp³-hybridized carbons (Fsp3) is 0.375. The van der Waals surface area contributed by atoms with Crippen LogP contribution in [0.5, 0.6) is 5.75 Å². The molecule has 1 aliphatic rings. The molecule has 32 heavy (non-hydrogen) atoms. The van der Waals surface area contributed by atoms with E-state index in [9.17, 15) is 19.5 Å². The Morgan fingerprint density at radius 2 is 1.75 bits per heavy atom. The topological polar surface area (TPSA) is 108 Å². The van der Waals surface area contributed by atoms with Gasteiger partial charge in [-0.2, -0.15) is 0 Å². The van der Waals surface area contributed by atoms with Gasteiger partial charge >= 0.3 is 6.03 Å². The molecule has 8 heteroatoms. The number of aliphatic hydroxyl groups excluding tert-OH is 1. The summed E-state index contributed by atoms with van der Waals surface area (Å²) in [7, 11) is 0. The van der Waals surface area contributed by atoms with Gasteiger partial charge in [-0.05, 0) is 48.2 Å². The Kier molecular flexibility index (Phi) is 6.84. The van der Waals surface area contributed by atoms with Crippen LogP contribution in [0.4, 0.5) is 10.5 Å². The van der Waals surface area contributed by atoms with E-state index in [1.54, 1.807) is 31.2 Å². The van der Waals surface area contributed by atoms with E-state index in [4.69, 9.17) is 4.74 Å². The number of anilines is 1. The van der Waals surface area contributed by atoms with Crippen molar-refractivity contribution in [2.45, 2.75) is 45.3 Å². The van der Waals surface area contributed by atoms with Crippen LogP contribution in [-0.4, -0.2) is 47.1 Å².